The number of hydrogen-bond acceptors (Lipinski definition) is 5. The Labute approximate surface area is 151 Å². The summed E-state index contributed by atoms with van der Waals surface area (Å²) >= 11 is 0. The number of aromatic nitrogens is 1. The molecule has 0 saturated carbocycles. The molecular formula is C20H21N3O3. The first-order valence-corrected chi connectivity index (χ1v) is 8.69. The number of carbonyl (C=O) groups is 1. The predicted molar refractivity (Wildman–Crippen MR) is 98.6 cm³/mol. The van der Waals surface area contributed by atoms with E-state index in [1.807, 2.05) is 42.2 Å². The summed E-state index contributed by atoms with van der Waals surface area (Å²) in [6.07, 6.45) is 1.74. The van der Waals surface area contributed by atoms with Gasteiger partial charge in [-0.2, -0.15) is 0 Å². The average molecular weight is 351 g/mol. The van der Waals surface area contributed by atoms with Crippen molar-refractivity contribution >= 4 is 22.7 Å². The van der Waals surface area contributed by atoms with Gasteiger partial charge in [-0.1, -0.05) is 18.2 Å². The Morgan fingerprint density at radius 2 is 2.23 bits per heavy atom. The molecule has 2 N–H and O–H groups in total. The molecule has 6 heteroatoms. The van der Waals surface area contributed by atoms with Crippen LogP contribution in [0.4, 0.5) is 5.82 Å². The van der Waals surface area contributed by atoms with E-state index in [0.717, 1.165) is 27.8 Å². The highest BCUT2D eigenvalue weighted by Gasteiger charge is 2.27. The summed E-state index contributed by atoms with van der Waals surface area (Å²) in [6, 6.07) is 11.5. The van der Waals surface area contributed by atoms with E-state index in [9.17, 15) is 4.79 Å². The van der Waals surface area contributed by atoms with Gasteiger partial charge in [0.2, 0.25) is 5.91 Å². The number of nitrogens with zero attached hydrogens (tertiary/aromatic N) is 2. The number of hydrogen-bond donors (Lipinski definition) is 1. The molecule has 1 atom stereocenters. The van der Waals surface area contributed by atoms with E-state index in [-0.39, 0.29) is 12.0 Å². The molecule has 2 aromatic heterocycles. The van der Waals surface area contributed by atoms with E-state index in [4.69, 9.17) is 14.9 Å². The third-order valence-electron chi connectivity index (χ3n) is 4.69. The zero-order valence-electron chi connectivity index (χ0n) is 14.6. The van der Waals surface area contributed by atoms with Crippen molar-refractivity contribution in [3.8, 4) is 0 Å². The lowest BCUT2D eigenvalue weighted by atomic mass is 10.1. The fraction of sp³-hybridized carbons (Fsp3) is 0.300. The van der Waals surface area contributed by atoms with Crippen molar-refractivity contribution in [2.24, 2.45) is 0 Å². The summed E-state index contributed by atoms with van der Waals surface area (Å²) in [5, 5.41) is 0.992. The Kier molecular flexibility index (Phi) is 4.34. The lowest BCUT2D eigenvalue weighted by molar-refractivity contribution is -0.138. The SMILES string of the molecule is Cc1ccc2c(CC(=O)N3CCO[C@H](c4cccc(N)n4)C3)coc2c1. The molecule has 1 amide bonds. The molecule has 1 fully saturated rings. The topological polar surface area (TPSA) is 81.6 Å². The monoisotopic (exact) mass is 351 g/mol. The second-order valence-corrected chi connectivity index (χ2v) is 6.62. The summed E-state index contributed by atoms with van der Waals surface area (Å²) in [7, 11) is 0. The Bertz CT molecular complexity index is 950. The van der Waals surface area contributed by atoms with Crippen LogP contribution in [0, 0.1) is 6.92 Å². The predicted octanol–water partition coefficient (Wildman–Crippen LogP) is 2.86. The number of benzene rings is 1. The summed E-state index contributed by atoms with van der Waals surface area (Å²) in [6.45, 7) is 3.56. The lowest BCUT2D eigenvalue weighted by Crippen LogP contribution is -2.43. The van der Waals surface area contributed by atoms with E-state index in [2.05, 4.69) is 4.98 Å². The maximum atomic E-state index is 12.8. The van der Waals surface area contributed by atoms with Crippen molar-refractivity contribution in [2.45, 2.75) is 19.4 Å². The number of fused-ring (bicyclic) bond motifs is 1. The van der Waals surface area contributed by atoms with Gasteiger partial charge in [0.25, 0.3) is 0 Å². The lowest BCUT2D eigenvalue weighted by Gasteiger charge is -2.32. The number of aryl methyl sites for hydroxylation is 1. The summed E-state index contributed by atoms with van der Waals surface area (Å²) in [5.41, 5.74) is 9.38. The molecule has 0 spiro atoms. The fourth-order valence-electron chi connectivity index (χ4n) is 3.31. The number of anilines is 1. The third kappa shape index (κ3) is 3.28. The zero-order chi connectivity index (χ0) is 18.1. The second-order valence-electron chi connectivity index (χ2n) is 6.62. The molecule has 4 rings (SSSR count). The number of nitrogen functional groups attached to an aromatic ring is 1. The van der Waals surface area contributed by atoms with Crippen LogP contribution in [0.1, 0.15) is 22.9 Å². The van der Waals surface area contributed by atoms with E-state index < -0.39 is 0 Å². The van der Waals surface area contributed by atoms with Crippen LogP contribution in [-0.2, 0) is 16.0 Å². The second kappa shape index (κ2) is 6.80. The molecule has 1 aliphatic rings. The number of nitrogens with two attached hydrogens (primary N) is 1. The summed E-state index contributed by atoms with van der Waals surface area (Å²) in [4.78, 5) is 18.9. The normalized spacial score (nSPS) is 17.6. The van der Waals surface area contributed by atoms with Gasteiger partial charge in [-0.25, -0.2) is 4.98 Å². The van der Waals surface area contributed by atoms with Gasteiger partial charge in [0.05, 0.1) is 31.5 Å². The van der Waals surface area contributed by atoms with Gasteiger partial charge in [0.15, 0.2) is 0 Å². The van der Waals surface area contributed by atoms with Crippen LogP contribution in [0.15, 0.2) is 47.1 Å². The highest BCUT2D eigenvalue weighted by molar-refractivity contribution is 5.88. The van der Waals surface area contributed by atoms with E-state index in [0.29, 0.717) is 31.9 Å². The van der Waals surface area contributed by atoms with Crippen LogP contribution in [0.25, 0.3) is 11.0 Å². The maximum absolute atomic E-state index is 12.8. The highest BCUT2D eigenvalue weighted by atomic mass is 16.5. The first kappa shape index (κ1) is 16.6. The van der Waals surface area contributed by atoms with E-state index in [1.54, 1.807) is 12.3 Å². The summed E-state index contributed by atoms with van der Waals surface area (Å²) < 4.78 is 11.4. The third-order valence-corrected chi connectivity index (χ3v) is 4.69. The molecule has 1 aromatic carbocycles. The molecule has 0 bridgehead atoms. The smallest absolute Gasteiger partial charge is 0.227 e. The average Bonchev–Trinajstić information content (AvgIpc) is 3.03. The van der Waals surface area contributed by atoms with Gasteiger partial charge in [-0.15, -0.1) is 0 Å². The van der Waals surface area contributed by atoms with Crippen molar-refractivity contribution < 1.29 is 13.9 Å². The van der Waals surface area contributed by atoms with Crippen LogP contribution < -0.4 is 5.73 Å². The Hall–Kier alpha value is -2.86. The van der Waals surface area contributed by atoms with Crippen molar-refractivity contribution in [1.29, 1.82) is 0 Å². The van der Waals surface area contributed by atoms with Crippen LogP contribution in [0.3, 0.4) is 0 Å². The minimum absolute atomic E-state index is 0.0606. The molecule has 1 aliphatic heterocycles. The van der Waals surface area contributed by atoms with Crippen molar-refractivity contribution in [2.75, 3.05) is 25.4 Å². The van der Waals surface area contributed by atoms with Crippen LogP contribution >= 0.6 is 0 Å². The molecule has 3 heterocycles. The maximum Gasteiger partial charge on any atom is 0.227 e. The van der Waals surface area contributed by atoms with Gasteiger partial charge < -0.3 is 19.8 Å². The minimum Gasteiger partial charge on any atom is -0.464 e. The molecule has 3 aromatic rings. The molecule has 26 heavy (non-hydrogen) atoms. The van der Waals surface area contributed by atoms with Gasteiger partial charge in [-0.05, 0) is 30.7 Å². The molecular weight excluding hydrogens is 330 g/mol. The number of carbonyl (C=O) groups excluding carboxylic acids is 1. The Balaban J connectivity index is 1.49. The van der Waals surface area contributed by atoms with Gasteiger partial charge in [-0.3, -0.25) is 4.79 Å². The van der Waals surface area contributed by atoms with E-state index >= 15 is 0 Å². The van der Waals surface area contributed by atoms with Gasteiger partial charge in [0.1, 0.15) is 17.5 Å². The number of morpholine rings is 1. The van der Waals surface area contributed by atoms with Gasteiger partial charge in [0, 0.05) is 17.5 Å². The first-order valence-electron chi connectivity index (χ1n) is 8.69. The largest absolute Gasteiger partial charge is 0.464 e. The number of amides is 1. The van der Waals surface area contributed by atoms with Crippen LogP contribution in [0.2, 0.25) is 0 Å². The standard InChI is InChI=1S/C20H21N3O3/c1-13-5-6-15-14(12-26-17(15)9-13)10-20(24)23-7-8-25-18(11-23)16-3-2-4-19(21)22-16/h2-6,9,12,18H,7-8,10-11H2,1H3,(H2,21,22)/t18-/m0/s1. The molecule has 134 valence electrons. The number of furan rings is 1. The summed E-state index contributed by atoms with van der Waals surface area (Å²) in [5.74, 6) is 0.514. The quantitative estimate of drug-likeness (QED) is 0.785. The minimum atomic E-state index is -0.250. The van der Waals surface area contributed by atoms with Crippen molar-refractivity contribution in [3.63, 3.8) is 0 Å². The molecule has 1 saturated heterocycles. The van der Waals surface area contributed by atoms with Crippen molar-refractivity contribution in [1.82, 2.24) is 9.88 Å². The molecule has 0 unspecified atom stereocenters. The van der Waals surface area contributed by atoms with Crippen LogP contribution in [-0.4, -0.2) is 35.5 Å². The zero-order valence-corrected chi connectivity index (χ0v) is 14.6. The van der Waals surface area contributed by atoms with E-state index in [1.165, 1.54) is 0 Å². The highest BCUT2D eigenvalue weighted by Crippen LogP contribution is 2.25. The molecule has 6 nitrogen and oxygen atoms in total. The molecule has 0 aliphatic carbocycles. The Morgan fingerprint density at radius 1 is 1.35 bits per heavy atom. The number of ether oxygens (including phenoxy) is 1. The molecule has 0 radical (unpaired) electrons. The first-order chi connectivity index (χ1) is 12.6. The fourth-order valence-corrected chi connectivity index (χ4v) is 3.31. The van der Waals surface area contributed by atoms with Crippen LogP contribution in [0.5, 0.6) is 0 Å². The number of pyridine rings is 1. The van der Waals surface area contributed by atoms with Gasteiger partial charge >= 0.3 is 0 Å². The Morgan fingerprint density at radius 3 is 3.08 bits per heavy atom. The number of rotatable bonds is 3. The van der Waals surface area contributed by atoms with Crippen molar-refractivity contribution in [3.05, 3.63) is 59.5 Å².